The Hall–Kier alpha value is -3.16. The third-order valence-electron chi connectivity index (χ3n) is 3.99. The maximum Gasteiger partial charge on any atom is 0.272 e. The van der Waals surface area contributed by atoms with E-state index in [1.807, 2.05) is 6.92 Å². The molecule has 1 aromatic heterocycles. The van der Waals surface area contributed by atoms with Crippen LogP contribution in [0.25, 0.3) is 0 Å². The average molecular weight is 345 g/mol. The highest BCUT2D eigenvalue weighted by molar-refractivity contribution is 5.96. The summed E-state index contributed by atoms with van der Waals surface area (Å²) in [6, 6.07) is 7.31. The number of nitro groups is 1. The van der Waals surface area contributed by atoms with Crippen molar-refractivity contribution < 1.29 is 18.9 Å². The number of furan rings is 1. The number of rotatable bonds is 6. The summed E-state index contributed by atoms with van der Waals surface area (Å²) in [4.78, 5) is 36.1. The molecule has 0 aliphatic rings. The molecule has 8 heteroatoms. The van der Waals surface area contributed by atoms with Crippen LogP contribution in [0.3, 0.4) is 0 Å². The van der Waals surface area contributed by atoms with Crippen LogP contribution in [0.2, 0.25) is 0 Å². The number of hydrogen-bond acceptors (Lipinski definition) is 5. The second-order valence-corrected chi connectivity index (χ2v) is 5.64. The normalized spacial score (nSPS) is 11.6. The second kappa shape index (κ2) is 7.61. The maximum atomic E-state index is 12.2. The minimum atomic E-state index is -0.508. The summed E-state index contributed by atoms with van der Waals surface area (Å²) < 4.78 is 5.27. The number of amides is 2. The van der Waals surface area contributed by atoms with E-state index in [4.69, 9.17) is 4.42 Å². The number of carbonyl (C=O) groups excluding carboxylic acids is 2. The quantitative estimate of drug-likeness (QED) is 0.639. The van der Waals surface area contributed by atoms with Crippen molar-refractivity contribution in [1.29, 1.82) is 0 Å². The third-order valence-corrected chi connectivity index (χ3v) is 3.99. The van der Waals surface area contributed by atoms with Crippen molar-refractivity contribution in [2.24, 2.45) is 0 Å². The summed E-state index contributed by atoms with van der Waals surface area (Å²) in [5, 5.41) is 13.3. The molecule has 1 N–H and O–H groups in total. The lowest BCUT2D eigenvalue weighted by Crippen LogP contribution is -2.39. The number of nitrogens with one attached hydrogen (secondary N) is 1. The van der Waals surface area contributed by atoms with Crippen LogP contribution in [0.15, 0.2) is 41.0 Å². The molecule has 0 bridgehead atoms. The molecule has 0 radical (unpaired) electrons. The molecule has 2 amide bonds. The van der Waals surface area contributed by atoms with Gasteiger partial charge in [0.1, 0.15) is 5.76 Å². The van der Waals surface area contributed by atoms with E-state index in [0.29, 0.717) is 11.3 Å². The number of carbonyl (C=O) groups is 2. The van der Waals surface area contributed by atoms with Crippen molar-refractivity contribution in [3.63, 3.8) is 0 Å². The number of hydrogen-bond donors (Lipinski definition) is 1. The van der Waals surface area contributed by atoms with Crippen LogP contribution in [0, 0.1) is 17.0 Å². The monoisotopic (exact) mass is 345 g/mol. The first-order valence-electron chi connectivity index (χ1n) is 7.63. The Balaban J connectivity index is 1.96. The van der Waals surface area contributed by atoms with E-state index in [9.17, 15) is 19.7 Å². The van der Waals surface area contributed by atoms with Crippen molar-refractivity contribution in [3.8, 4) is 0 Å². The van der Waals surface area contributed by atoms with Crippen LogP contribution in [-0.4, -0.2) is 35.2 Å². The first-order valence-corrected chi connectivity index (χ1v) is 7.63. The minimum absolute atomic E-state index is 0.0559. The highest BCUT2D eigenvalue weighted by Gasteiger charge is 2.20. The molecule has 1 heterocycles. The Labute approximate surface area is 144 Å². The molecule has 8 nitrogen and oxygen atoms in total. The average Bonchev–Trinajstić information content (AvgIpc) is 3.12. The highest BCUT2D eigenvalue weighted by atomic mass is 16.6. The molecule has 0 unspecified atom stereocenters. The van der Waals surface area contributed by atoms with Crippen molar-refractivity contribution in [2.45, 2.75) is 19.9 Å². The molecule has 25 heavy (non-hydrogen) atoms. The number of benzene rings is 1. The van der Waals surface area contributed by atoms with Crippen LogP contribution in [-0.2, 0) is 4.79 Å². The molecule has 132 valence electrons. The first-order chi connectivity index (χ1) is 11.8. The van der Waals surface area contributed by atoms with Crippen molar-refractivity contribution in [1.82, 2.24) is 10.2 Å². The Bertz CT molecular complexity index is 786. The van der Waals surface area contributed by atoms with Gasteiger partial charge in [0, 0.05) is 24.2 Å². The molecule has 0 spiro atoms. The number of nitrogens with zero attached hydrogens (tertiary/aromatic N) is 2. The SMILES string of the molecule is Cc1cc(C(=O)NCC(=O)N(C)[C@@H](C)c2ccco2)ccc1[N+](=O)[O-]. The van der Waals surface area contributed by atoms with E-state index in [2.05, 4.69) is 5.32 Å². The van der Waals surface area contributed by atoms with E-state index in [1.54, 1.807) is 26.1 Å². The second-order valence-electron chi connectivity index (χ2n) is 5.64. The highest BCUT2D eigenvalue weighted by Crippen LogP contribution is 2.20. The van der Waals surface area contributed by atoms with Gasteiger partial charge in [-0.1, -0.05) is 0 Å². The fourth-order valence-electron chi connectivity index (χ4n) is 2.32. The minimum Gasteiger partial charge on any atom is -0.467 e. The standard InChI is InChI=1S/C17H19N3O5/c1-11-9-13(6-7-14(11)20(23)24)17(22)18-10-16(21)19(3)12(2)15-5-4-8-25-15/h4-9,12H,10H2,1-3H3,(H,18,22)/t12-/m0/s1. The Morgan fingerprint density at radius 3 is 2.64 bits per heavy atom. The van der Waals surface area contributed by atoms with Gasteiger partial charge in [0.05, 0.1) is 23.8 Å². The number of aryl methyl sites for hydroxylation is 1. The van der Waals surface area contributed by atoms with Crippen LogP contribution in [0.1, 0.15) is 34.6 Å². The van der Waals surface area contributed by atoms with Gasteiger partial charge in [-0.15, -0.1) is 0 Å². The third kappa shape index (κ3) is 4.23. The van der Waals surface area contributed by atoms with Gasteiger partial charge >= 0.3 is 0 Å². The largest absolute Gasteiger partial charge is 0.467 e. The van der Waals surface area contributed by atoms with Gasteiger partial charge in [-0.05, 0) is 38.1 Å². The Kier molecular flexibility index (Phi) is 5.53. The Morgan fingerprint density at radius 2 is 2.08 bits per heavy atom. The Morgan fingerprint density at radius 1 is 1.36 bits per heavy atom. The summed E-state index contributed by atoms with van der Waals surface area (Å²) >= 11 is 0. The van der Waals surface area contributed by atoms with E-state index in [-0.39, 0.29) is 29.7 Å². The lowest BCUT2D eigenvalue weighted by atomic mass is 10.1. The molecule has 1 atom stereocenters. The lowest BCUT2D eigenvalue weighted by Gasteiger charge is -2.23. The number of likely N-dealkylation sites (N-methyl/N-ethyl adjacent to an activating group) is 1. The zero-order valence-corrected chi connectivity index (χ0v) is 14.2. The molecule has 0 aliphatic heterocycles. The van der Waals surface area contributed by atoms with Gasteiger partial charge in [-0.3, -0.25) is 19.7 Å². The summed E-state index contributed by atoms with van der Waals surface area (Å²) in [5.41, 5.74) is 0.588. The lowest BCUT2D eigenvalue weighted by molar-refractivity contribution is -0.385. The summed E-state index contributed by atoms with van der Waals surface area (Å²) in [6.07, 6.45) is 1.53. The predicted molar refractivity (Wildman–Crippen MR) is 90.1 cm³/mol. The van der Waals surface area contributed by atoms with Gasteiger partial charge in [0.25, 0.3) is 11.6 Å². The van der Waals surface area contributed by atoms with Crippen LogP contribution >= 0.6 is 0 Å². The predicted octanol–water partition coefficient (Wildman–Crippen LogP) is 2.45. The van der Waals surface area contributed by atoms with E-state index in [1.165, 1.54) is 29.4 Å². The zero-order valence-electron chi connectivity index (χ0n) is 14.2. The zero-order chi connectivity index (χ0) is 18.6. The van der Waals surface area contributed by atoms with Crippen LogP contribution in [0.4, 0.5) is 5.69 Å². The first kappa shape index (κ1) is 18.2. The fraction of sp³-hybridized carbons (Fsp3) is 0.294. The van der Waals surface area contributed by atoms with Gasteiger partial charge in [0.15, 0.2) is 0 Å². The van der Waals surface area contributed by atoms with Gasteiger partial charge in [-0.25, -0.2) is 0 Å². The summed E-state index contributed by atoms with van der Waals surface area (Å²) in [6.45, 7) is 3.19. The van der Waals surface area contributed by atoms with Crippen molar-refractivity contribution >= 4 is 17.5 Å². The van der Waals surface area contributed by atoms with Crippen LogP contribution in [0.5, 0.6) is 0 Å². The molecule has 2 aromatic rings. The molecular weight excluding hydrogens is 326 g/mol. The van der Waals surface area contributed by atoms with Gasteiger partial charge in [-0.2, -0.15) is 0 Å². The van der Waals surface area contributed by atoms with Crippen LogP contribution < -0.4 is 5.32 Å². The van der Waals surface area contributed by atoms with Crippen molar-refractivity contribution in [3.05, 3.63) is 63.6 Å². The smallest absolute Gasteiger partial charge is 0.272 e. The molecule has 0 fully saturated rings. The molecular formula is C17H19N3O5. The number of nitro benzene ring substituents is 1. The topological polar surface area (TPSA) is 106 Å². The molecule has 2 rings (SSSR count). The summed E-state index contributed by atoms with van der Waals surface area (Å²) in [5.74, 6) is -0.102. The van der Waals surface area contributed by atoms with E-state index in [0.717, 1.165) is 0 Å². The fourth-order valence-corrected chi connectivity index (χ4v) is 2.32. The van der Waals surface area contributed by atoms with Crippen molar-refractivity contribution in [2.75, 3.05) is 13.6 Å². The molecule has 0 aliphatic carbocycles. The van der Waals surface area contributed by atoms with E-state index >= 15 is 0 Å². The van der Waals surface area contributed by atoms with Gasteiger partial charge < -0.3 is 14.6 Å². The summed E-state index contributed by atoms with van der Waals surface area (Å²) in [7, 11) is 1.62. The maximum absolute atomic E-state index is 12.2. The van der Waals surface area contributed by atoms with E-state index < -0.39 is 10.8 Å². The molecule has 0 saturated heterocycles. The molecule has 0 saturated carbocycles. The molecule has 1 aromatic carbocycles. The van der Waals surface area contributed by atoms with Gasteiger partial charge in [0.2, 0.25) is 5.91 Å².